The van der Waals surface area contributed by atoms with E-state index >= 15 is 0 Å². The zero-order valence-corrected chi connectivity index (χ0v) is 13.3. The Morgan fingerprint density at radius 1 is 1.52 bits per heavy atom. The lowest BCUT2D eigenvalue weighted by Gasteiger charge is -2.24. The molecule has 1 fully saturated rings. The molecule has 1 atom stereocenters. The van der Waals surface area contributed by atoms with E-state index in [-0.39, 0.29) is 12.1 Å². The molecule has 6 nitrogen and oxygen atoms in total. The Kier molecular flexibility index (Phi) is 4.88. The Morgan fingerprint density at radius 2 is 2.24 bits per heavy atom. The molecule has 21 heavy (non-hydrogen) atoms. The average molecular weight is 294 g/mol. The first-order valence-corrected chi connectivity index (χ1v) is 7.51. The maximum atomic E-state index is 11.9. The maximum absolute atomic E-state index is 11.9. The van der Waals surface area contributed by atoms with Crippen molar-refractivity contribution in [3.63, 3.8) is 0 Å². The predicted molar refractivity (Wildman–Crippen MR) is 80.8 cm³/mol. The fraction of sp³-hybridized carbons (Fsp3) is 0.733. The van der Waals surface area contributed by atoms with E-state index in [1.54, 1.807) is 6.20 Å². The number of nitrogens with one attached hydrogen (secondary N) is 2. The number of aromatic nitrogens is 2. The van der Waals surface area contributed by atoms with Gasteiger partial charge in [-0.15, -0.1) is 0 Å². The summed E-state index contributed by atoms with van der Waals surface area (Å²) in [5.41, 5.74) is -0.460. The highest BCUT2D eigenvalue weighted by Gasteiger charge is 2.33. The van der Waals surface area contributed by atoms with E-state index in [4.69, 9.17) is 4.74 Å². The lowest BCUT2D eigenvalue weighted by Crippen LogP contribution is -2.45. The molecular formula is C15H26N4O2. The van der Waals surface area contributed by atoms with Gasteiger partial charge in [0.25, 0.3) is 0 Å². The molecule has 2 N–H and O–H groups in total. The van der Waals surface area contributed by atoms with E-state index in [1.165, 1.54) is 12.8 Å². The topological polar surface area (TPSA) is 68.2 Å². The summed E-state index contributed by atoms with van der Waals surface area (Å²) in [7, 11) is 1.97. The van der Waals surface area contributed by atoms with Gasteiger partial charge in [-0.05, 0) is 39.5 Å². The van der Waals surface area contributed by atoms with Gasteiger partial charge >= 0.3 is 6.09 Å². The van der Waals surface area contributed by atoms with E-state index in [0.717, 1.165) is 12.4 Å². The number of amides is 1. The minimum Gasteiger partial charge on any atom is -0.444 e. The maximum Gasteiger partial charge on any atom is 0.407 e. The van der Waals surface area contributed by atoms with Crippen molar-refractivity contribution in [2.75, 3.05) is 6.54 Å². The van der Waals surface area contributed by atoms with Gasteiger partial charge in [-0.3, -0.25) is 0 Å². The molecule has 1 heterocycles. The van der Waals surface area contributed by atoms with Crippen molar-refractivity contribution in [3.8, 4) is 0 Å². The second-order valence-electron chi connectivity index (χ2n) is 6.68. The fourth-order valence-electron chi connectivity index (χ4n) is 2.20. The molecule has 0 bridgehead atoms. The fourth-order valence-corrected chi connectivity index (χ4v) is 2.20. The van der Waals surface area contributed by atoms with Crippen molar-refractivity contribution in [2.45, 2.75) is 51.8 Å². The van der Waals surface area contributed by atoms with Crippen molar-refractivity contribution in [3.05, 3.63) is 18.2 Å². The van der Waals surface area contributed by atoms with Crippen molar-refractivity contribution in [1.82, 2.24) is 20.2 Å². The Labute approximate surface area is 126 Å². The number of carbonyl (C=O) groups is 1. The number of hydrogen-bond donors (Lipinski definition) is 2. The van der Waals surface area contributed by atoms with Crippen molar-refractivity contribution in [2.24, 2.45) is 13.0 Å². The molecule has 1 aromatic rings. The third kappa shape index (κ3) is 5.38. The number of carbonyl (C=O) groups excluding carboxylic acids is 1. The number of hydrogen-bond acceptors (Lipinski definition) is 4. The summed E-state index contributed by atoms with van der Waals surface area (Å²) in [5, 5.41) is 6.34. The van der Waals surface area contributed by atoms with Crippen LogP contribution in [0.25, 0.3) is 0 Å². The molecule has 6 heteroatoms. The van der Waals surface area contributed by atoms with Crippen LogP contribution in [0.3, 0.4) is 0 Å². The third-order valence-electron chi connectivity index (χ3n) is 3.46. The summed E-state index contributed by atoms with van der Waals surface area (Å²) in [4.78, 5) is 16.1. The minimum atomic E-state index is -0.460. The molecule has 1 aliphatic carbocycles. The van der Waals surface area contributed by atoms with Gasteiger partial charge < -0.3 is 19.9 Å². The van der Waals surface area contributed by atoms with E-state index in [0.29, 0.717) is 12.5 Å². The van der Waals surface area contributed by atoms with E-state index in [9.17, 15) is 4.79 Å². The molecular weight excluding hydrogens is 268 g/mol. The lowest BCUT2D eigenvalue weighted by atomic mass is 10.2. The second kappa shape index (κ2) is 6.47. The number of rotatable bonds is 6. The average Bonchev–Trinajstić information content (AvgIpc) is 3.11. The zero-order valence-electron chi connectivity index (χ0n) is 13.3. The summed E-state index contributed by atoms with van der Waals surface area (Å²) in [6.07, 6.45) is 5.72. The monoisotopic (exact) mass is 294 g/mol. The Hall–Kier alpha value is -1.56. The number of ether oxygens (including phenoxy) is 1. The van der Waals surface area contributed by atoms with Gasteiger partial charge in [-0.1, -0.05) is 0 Å². The van der Waals surface area contributed by atoms with Crippen molar-refractivity contribution in [1.29, 1.82) is 0 Å². The van der Waals surface area contributed by atoms with Crippen LogP contribution in [0, 0.1) is 5.92 Å². The molecule has 0 aromatic carbocycles. The number of alkyl carbamates (subject to hydrolysis) is 1. The highest BCUT2D eigenvalue weighted by molar-refractivity contribution is 5.68. The highest BCUT2D eigenvalue weighted by Crippen LogP contribution is 2.32. The van der Waals surface area contributed by atoms with Crippen molar-refractivity contribution >= 4 is 6.09 Å². The largest absolute Gasteiger partial charge is 0.444 e. The van der Waals surface area contributed by atoms with Crippen LogP contribution in [-0.4, -0.2) is 33.8 Å². The summed E-state index contributed by atoms with van der Waals surface area (Å²) >= 11 is 0. The first kappa shape index (κ1) is 15.8. The Morgan fingerprint density at radius 3 is 2.76 bits per heavy atom. The first-order chi connectivity index (χ1) is 9.85. The molecule has 0 aliphatic heterocycles. The van der Waals surface area contributed by atoms with E-state index in [2.05, 4.69) is 15.6 Å². The van der Waals surface area contributed by atoms with Gasteiger partial charge in [-0.2, -0.15) is 0 Å². The second-order valence-corrected chi connectivity index (χ2v) is 6.68. The SMILES string of the molecule is Cn1ccnc1CNCC(NC(=O)OC(C)(C)C)C1CC1. The minimum absolute atomic E-state index is 0.125. The van der Waals surface area contributed by atoms with E-state index < -0.39 is 5.60 Å². The Bertz CT molecular complexity index is 474. The number of aryl methyl sites for hydroxylation is 1. The van der Waals surface area contributed by atoms with Crippen LogP contribution >= 0.6 is 0 Å². The highest BCUT2D eigenvalue weighted by atomic mass is 16.6. The van der Waals surface area contributed by atoms with Gasteiger partial charge in [0.15, 0.2) is 0 Å². The molecule has 1 unspecified atom stereocenters. The molecule has 1 aliphatic rings. The van der Waals surface area contributed by atoms with Gasteiger partial charge in [0.2, 0.25) is 0 Å². The molecule has 118 valence electrons. The molecule has 1 amide bonds. The Balaban J connectivity index is 1.77. The van der Waals surface area contributed by atoms with Crippen LogP contribution in [0.5, 0.6) is 0 Å². The smallest absolute Gasteiger partial charge is 0.407 e. The predicted octanol–water partition coefficient (Wildman–Crippen LogP) is 1.81. The first-order valence-electron chi connectivity index (χ1n) is 7.51. The molecule has 2 rings (SSSR count). The van der Waals surface area contributed by atoms with E-state index in [1.807, 2.05) is 38.6 Å². The summed E-state index contributed by atoms with van der Waals surface area (Å²) in [6, 6.07) is 0.125. The summed E-state index contributed by atoms with van der Waals surface area (Å²) in [6.45, 7) is 7.05. The molecule has 0 spiro atoms. The molecule has 1 saturated carbocycles. The lowest BCUT2D eigenvalue weighted by molar-refractivity contribution is 0.0497. The van der Waals surface area contributed by atoms with Gasteiger partial charge in [0, 0.05) is 32.0 Å². The standard InChI is InChI=1S/C15H26N4O2/c1-15(2,3)21-14(20)18-12(11-5-6-11)9-16-10-13-17-7-8-19(13)4/h7-8,11-12,16H,5-6,9-10H2,1-4H3,(H,18,20). The van der Waals surface area contributed by atoms with Gasteiger partial charge in [0.1, 0.15) is 11.4 Å². The molecule has 0 radical (unpaired) electrons. The van der Waals surface area contributed by atoms with Crippen LogP contribution < -0.4 is 10.6 Å². The number of imidazole rings is 1. The van der Waals surface area contributed by atoms with Crippen LogP contribution in [0.15, 0.2) is 12.4 Å². The quantitative estimate of drug-likeness (QED) is 0.839. The summed E-state index contributed by atoms with van der Waals surface area (Å²) < 4.78 is 7.31. The normalized spacial score (nSPS) is 16.6. The number of nitrogens with zero attached hydrogens (tertiary/aromatic N) is 2. The van der Waals surface area contributed by atoms with Crippen LogP contribution in [0.2, 0.25) is 0 Å². The third-order valence-corrected chi connectivity index (χ3v) is 3.46. The molecule has 1 aromatic heterocycles. The van der Waals surface area contributed by atoms with Crippen molar-refractivity contribution < 1.29 is 9.53 Å². The van der Waals surface area contributed by atoms with Gasteiger partial charge in [-0.25, -0.2) is 9.78 Å². The van der Waals surface area contributed by atoms with Crippen LogP contribution in [-0.2, 0) is 18.3 Å². The summed E-state index contributed by atoms with van der Waals surface area (Å²) in [5.74, 6) is 1.55. The van der Waals surface area contributed by atoms with Crippen LogP contribution in [0.4, 0.5) is 4.79 Å². The van der Waals surface area contributed by atoms with Crippen LogP contribution in [0.1, 0.15) is 39.4 Å². The molecule has 0 saturated heterocycles. The zero-order chi connectivity index (χ0) is 15.5. The van der Waals surface area contributed by atoms with Gasteiger partial charge in [0.05, 0.1) is 6.54 Å².